The topological polar surface area (TPSA) is 111 Å². The van der Waals surface area contributed by atoms with Gasteiger partial charge in [0.2, 0.25) is 5.95 Å². The molecule has 2 N–H and O–H groups in total. The summed E-state index contributed by atoms with van der Waals surface area (Å²) < 4.78 is 54.5. The molecule has 2 aromatic carbocycles. The van der Waals surface area contributed by atoms with Crippen molar-refractivity contribution in [1.82, 2.24) is 25.2 Å². The number of alkyl halides is 3. The molecule has 0 unspecified atom stereocenters. The molecule has 0 saturated heterocycles. The Morgan fingerprint density at radius 3 is 2.45 bits per heavy atom. The Morgan fingerprint density at radius 1 is 1.00 bits per heavy atom. The number of hydrogen-bond donors (Lipinski definition) is 2. The van der Waals surface area contributed by atoms with E-state index in [1.807, 2.05) is 55.5 Å². The number of halogens is 3. The van der Waals surface area contributed by atoms with E-state index in [0.717, 1.165) is 28.8 Å². The first-order valence-corrected chi connectivity index (χ1v) is 14.5. The van der Waals surface area contributed by atoms with Crippen molar-refractivity contribution in [2.75, 3.05) is 44.8 Å². The van der Waals surface area contributed by atoms with Crippen molar-refractivity contribution in [3.05, 3.63) is 77.6 Å². The molecule has 44 heavy (non-hydrogen) atoms. The number of benzene rings is 2. The molecule has 0 saturated carbocycles. The smallest absolute Gasteiger partial charge is 0.422 e. The minimum atomic E-state index is -4.53. The highest BCUT2D eigenvalue weighted by Crippen LogP contribution is 2.20. The molecule has 3 aromatic rings. The normalized spacial score (nSPS) is 15.0. The number of hydrogen-bond acceptors (Lipinski definition) is 9. The molecule has 0 spiro atoms. The molecule has 4 aliphatic rings. The second-order valence-electron chi connectivity index (χ2n) is 10.2. The Morgan fingerprint density at radius 2 is 1.73 bits per heavy atom. The lowest BCUT2D eigenvalue weighted by Gasteiger charge is -2.22. The minimum absolute atomic E-state index is 0.0955. The molecule has 5 heterocycles. The van der Waals surface area contributed by atoms with E-state index in [1.54, 1.807) is 4.90 Å². The number of anilines is 1. The van der Waals surface area contributed by atoms with Crippen molar-refractivity contribution < 1.29 is 32.2 Å². The summed E-state index contributed by atoms with van der Waals surface area (Å²) in [6.07, 6.45) is -2.56. The van der Waals surface area contributed by atoms with E-state index < -0.39 is 18.8 Å². The molecular formula is C31H37F3N6O4. The van der Waals surface area contributed by atoms with Crippen LogP contribution in [0.3, 0.4) is 0 Å². The summed E-state index contributed by atoms with van der Waals surface area (Å²) in [6.45, 7) is 7.27. The maximum absolute atomic E-state index is 12.8. The monoisotopic (exact) mass is 614 g/mol. The highest BCUT2D eigenvalue weighted by molar-refractivity contribution is 5.67. The lowest BCUT2D eigenvalue weighted by molar-refractivity contribution is -0.154. The van der Waals surface area contributed by atoms with E-state index in [9.17, 15) is 18.0 Å². The van der Waals surface area contributed by atoms with E-state index in [2.05, 4.69) is 32.2 Å². The molecule has 1 amide bonds. The lowest BCUT2D eigenvalue weighted by Crippen LogP contribution is -2.35. The van der Waals surface area contributed by atoms with Gasteiger partial charge in [0, 0.05) is 38.3 Å². The predicted molar refractivity (Wildman–Crippen MR) is 159 cm³/mol. The van der Waals surface area contributed by atoms with Gasteiger partial charge in [0.25, 0.3) is 0 Å². The Hall–Kier alpha value is -4.55. The molecule has 1 aromatic heterocycles. The number of nitrogens with zero attached hydrogens (tertiary/aromatic N) is 4. The average molecular weight is 615 g/mol. The fourth-order valence-corrected chi connectivity index (χ4v) is 4.29. The Balaban J connectivity index is 1.52. The number of carbonyl (C=O) groups excluding carboxylic acids is 1. The molecule has 6 bridgehead atoms. The molecule has 236 valence electrons. The van der Waals surface area contributed by atoms with Crippen molar-refractivity contribution >= 4 is 17.7 Å². The van der Waals surface area contributed by atoms with E-state index in [4.69, 9.17) is 14.2 Å². The van der Waals surface area contributed by atoms with E-state index >= 15 is 0 Å². The summed E-state index contributed by atoms with van der Waals surface area (Å²) in [6, 6.07) is 14.5. The zero-order valence-electron chi connectivity index (χ0n) is 24.7. The van der Waals surface area contributed by atoms with Crippen LogP contribution in [0.2, 0.25) is 0 Å². The fraction of sp³-hybridized carbons (Fsp3) is 0.419. The third-order valence-electron chi connectivity index (χ3n) is 6.54. The quantitative estimate of drug-likeness (QED) is 0.388. The van der Waals surface area contributed by atoms with Crippen LogP contribution in [0.25, 0.3) is 5.70 Å². The highest BCUT2D eigenvalue weighted by Gasteiger charge is 2.29. The van der Waals surface area contributed by atoms with Crippen molar-refractivity contribution in [3.8, 4) is 11.8 Å². The van der Waals surface area contributed by atoms with Crippen LogP contribution in [0.5, 0.6) is 11.8 Å². The van der Waals surface area contributed by atoms with Crippen LogP contribution >= 0.6 is 0 Å². The lowest BCUT2D eigenvalue weighted by atomic mass is 10.1. The third kappa shape index (κ3) is 10.6. The average Bonchev–Trinajstić information content (AvgIpc) is 3.01. The standard InChI is InChI=1S/C31H37F3N6O4/c1-3-17-43-30(41)40-15-4-14-35-22(2)25-10-6-23(7-11-25)19-27-37-28(39-29(38-27)44-21-31(32,33)34)36-20-24-8-12-26(13-9-24)42-18-5-16-40/h6-13,35H,2-5,14-21H2,1H3,(H,36,37,38,39). The number of rotatable bonds is 4. The summed E-state index contributed by atoms with van der Waals surface area (Å²) >= 11 is 0. The Labute approximate surface area is 254 Å². The first-order valence-electron chi connectivity index (χ1n) is 14.5. The zero-order valence-corrected chi connectivity index (χ0v) is 24.7. The Bertz CT molecular complexity index is 1370. The van der Waals surface area contributed by atoms with Crippen molar-refractivity contribution in [2.45, 2.75) is 45.3 Å². The van der Waals surface area contributed by atoms with Gasteiger partial charge in [0.1, 0.15) is 11.6 Å². The highest BCUT2D eigenvalue weighted by atomic mass is 19.4. The molecule has 0 aliphatic carbocycles. The Kier molecular flexibility index (Phi) is 11.6. The summed E-state index contributed by atoms with van der Waals surface area (Å²) in [7, 11) is 0. The molecule has 0 fully saturated rings. The molecular weight excluding hydrogens is 577 g/mol. The number of aromatic nitrogens is 3. The van der Waals surface area contributed by atoms with Crippen LogP contribution in [0.1, 0.15) is 48.7 Å². The number of ether oxygens (including phenoxy) is 3. The molecule has 10 nitrogen and oxygen atoms in total. The predicted octanol–water partition coefficient (Wildman–Crippen LogP) is 5.60. The van der Waals surface area contributed by atoms with Crippen LogP contribution in [-0.4, -0.2) is 71.6 Å². The fourth-order valence-electron chi connectivity index (χ4n) is 4.29. The van der Waals surface area contributed by atoms with Gasteiger partial charge in [0.15, 0.2) is 6.61 Å². The van der Waals surface area contributed by atoms with Gasteiger partial charge in [-0.25, -0.2) is 4.79 Å². The number of carbonyl (C=O) groups is 1. The number of nitrogens with one attached hydrogen (secondary N) is 2. The van der Waals surface area contributed by atoms with Crippen molar-refractivity contribution in [2.24, 2.45) is 0 Å². The summed E-state index contributed by atoms with van der Waals surface area (Å²) in [5.41, 5.74) is 3.31. The van der Waals surface area contributed by atoms with E-state index in [0.29, 0.717) is 58.0 Å². The molecule has 4 aliphatic heterocycles. The first-order chi connectivity index (χ1) is 21.2. The second-order valence-corrected chi connectivity index (χ2v) is 10.2. The van der Waals surface area contributed by atoms with Gasteiger partial charge < -0.3 is 29.7 Å². The van der Waals surface area contributed by atoms with Gasteiger partial charge in [-0.3, -0.25) is 0 Å². The maximum Gasteiger partial charge on any atom is 0.422 e. The van der Waals surface area contributed by atoms with Crippen LogP contribution in [0.15, 0.2) is 55.1 Å². The van der Waals surface area contributed by atoms with Gasteiger partial charge in [-0.2, -0.15) is 28.1 Å². The van der Waals surface area contributed by atoms with Crippen molar-refractivity contribution in [3.63, 3.8) is 0 Å². The second kappa shape index (κ2) is 15.8. The van der Waals surface area contributed by atoms with Crippen LogP contribution < -0.4 is 20.1 Å². The SMILES string of the molecule is C=C1NCCCN(C(=O)OCCC)CCCOc2ccc(cc2)CNc2nc(nc(OCC(F)(F)F)n2)Cc2ccc1cc2. The molecule has 0 radical (unpaired) electrons. The molecule has 13 heteroatoms. The summed E-state index contributed by atoms with van der Waals surface area (Å²) in [5.74, 6) is 1.02. The van der Waals surface area contributed by atoms with Crippen LogP contribution in [0, 0.1) is 0 Å². The van der Waals surface area contributed by atoms with Crippen LogP contribution in [-0.2, 0) is 17.7 Å². The van der Waals surface area contributed by atoms with Gasteiger partial charge in [0.05, 0.1) is 13.2 Å². The van der Waals surface area contributed by atoms with Gasteiger partial charge >= 0.3 is 18.3 Å². The minimum Gasteiger partial charge on any atom is -0.494 e. The first kappa shape index (κ1) is 32.4. The third-order valence-corrected chi connectivity index (χ3v) is 6.54. The van der Waals surface area contributed by atoms with Gasteiger partial charge in [-0.15, -0.1) is 0 Å². The van der Waals surface area contributed by atoms with Gasteiger partial charge in [-0.05, 0) is 48.1 Å². The van der Waals surface area contributed by atoms with Crippen molar-refractivity contribution in [1.29, 1.82) is 0 Å². The number of amides is 1. The molecule has 7 rings (SSSR count). The molecule has 0 atom stereocenters. The van der Waals surface area contributed by atoms with E-state index in [1.165, 1.54) is 0 Å². The van der Waals surface area contributed by atoms with Gasteiger partial charge in [-0.1, -0.05) is 49.9 Å². The summed E-state index contributed by atoms with van der Waals surface area (Å²) in [5, 5.41) is 6.35. The zero-order chi connectivity index (χ0) is 31.4. The summed E-state index contributed by atoms with van der Waals surface area (Å²) in [4.78, 5) is 26.9. The maximum atomic E-state index is 12.8. The van der Waals surface area contributed by atoms with E-state index in [-0.39, 0.29) is 24.3 Å². The largest absolute Gasteiger partial charge is 0.494 e. The van der Waals surface area contributed by atoms with Crippen LogP contribution in [0.4, 0.5) is 23.9 Å².